The largest absolute Gasteiger partial charge is 0.477 e. The van der Waals surface area contributed by atoms with E-state index in [1.54, 1.807) is 12.1 Å². The summed E-state index contributed by atoms with van der Waals surface area (Å²) in [6.45, 7) is 0. The quantitative estimate of drug-likeness (QED) is 0.772. The summed E-state index contributed by atoms with van der Waals surface area (Å²) in [7, 11) is 1.33. The molecule has 0 saturated carbocycles. The Morgan fingerprint density at radius 3 is 2.71 bits per heavy atom. The number of hydrogen-bond donors (Lipinski definition) is 1. The van der Waals surface area contributed by atoms with Gasteiger partial charge < -0.3 is 9.84 Å². The van der Waals surface area contributed by atoms with Gasteiger partial charge in [-0.05, 0) is 18.6 Å². The predicted octanol–water partition coefficient (Wildman–Crippen LogP) is 1.55. The van der Waals surface area contributed by atoms with Crippen molar-refractivity contribution in [3.63, 3.8) is 0 Å². The summed E-state index contributed by atoms with van der Waals surface area (Å²) < 4.78 is 4.48. The van der Waals surface area contributed by atoms with Crippen LogP contribution in [0.3, 0.4) is 0 Å². The number of esters is 1. The lowest BCUT2D eigenvalue weighted by Crippen LogP contribution is -2.00. The van der Waals surface area contributed by atoms with E-state index in [1.807, 2.05) is 0 Å². The van der Waals surface area contributed by atoms with Crippen molar-refractivity contribution in [2.75, 3.05) is 7.11 Å². The van der Waals surface area contributed by atoms with Crippen molar-refractivity contribution in [1.29, 1.82) is 0 Å². The van der Waals surface area contributed by atoms with Gasteiger partial charge in [0.2, 0.25) is 0 Å². The third kappa shape index (κ3) is 2.85. The van der Waals surface area contributed by atoms with Crippen LogP contribution in [0.15, 0.2) is 12.1 Å². The third-order valence-corrected chi connectivity index (χ3v) is 2.81. The fourth-order valence-corrected chi connectivity index (χ4v) is 1.80. The molecule has 0 bridgehead atoms. The van der Waals surface area contributed by atoms with Crippen LogP contribution in [0.25, 0.3) is 0 Å². The molecular formula is C9H10O4S. The fourth-order valence-electron chi connectivity index (χ4n) is 0.955. The normalized spacial score (nSPS) is 9.79. The van der Waals surface area contributed by atoms with Crippen molar-refractivity contribution in [2.24, 2.45) is 0 Å². The van der Waals surface area contributed by atoms with Gasteiger partial charge in [0.15, 0.2) is 0 Å². The standard InChI is InChI=1S/C9H10O4S/c1-13-8(10)5-3-6-2-4-7(14-6)9(11)12/h2,4H,3,5H2,1H3,(H,11,12). The lowest BCUT2D eigenvalue weighted by molar-refractivity contribution is -0.140. The van der Waals surface area contributed by atoms with Gasteiger partial charge >= 0.3 is 11.9 Å². The highest BCUT2D eigenvalue weighted by atomic mass is 32.1. The molecule has 0 aromatic carbocycles. The summed E-state index contributed by atoms with van der Waals surface area (Å²) >= 11 is 1.19. The Labute approximate surface area is 85.1 Å². The molecule has 0 saturated heterocycles. The molecule has 1 aromatic heterocycles. The summed E-state index contributed by atoms with van der Waals surface area (Å²) in [5.74, 6) is -1.21. The van der Waals surface area contributed by atoms with E-state index >= 15 is 0 Å². The summed E-state index contributed by atoms with van der Waals surface area (Å²) in [6, 6.07) is 3.26. The highest BCUT2D eigenvalue weighted by Crippen LogP contribution is 2.17. The van der Waals surface area contributed by atoms with Gasteiger partial charge in [-0.15, -0.1) is 11.3 Å². The minimum absolute atomic E-state index is 0.282. The van der Waals surface area contributed by atoms with Crippen LogP contribution in [-0.4, -0.2) is 24.2 Å². The highest BCUT2D eigenvalue weighted by molar-refractivity contribution is 7.13. The van der Waals surface area contributed by atoms with Crippen molar-refractivity contribution in [3.05, 3.63) is 21.9 Å². The molecule has 1 heterocycles. The Balaban J connectivity index is 2.52. The first-order chi connectivity index (χ1) is 6.63. The van der Waals surface area contributed by atoms with E-state index in [9.17, 15) is 9.59 Å². The highest BCUT2D eigenvalue weighted by Gasteiger charge is 2.08. The number of ether oxygens (including phenoxy) is 1. The Hall–Kier alpha value is -1.36. The van der Waals surface area contributed by atoms with Gasteiger partial charge in [0.05, 0.1) is 13.5 Å². The first kappa shape index (κ1) is 10.7. The molecule has 0 aliphatic rings. The van der Waals surface area contributed by atoms with Gasteiger partial charge in [-0.1, -0.05) is 0 Å². The molecule has 0 aliphatic heterocycles. The number of carbonyl (C=O) groups is 2. The zero-order valence-corrected chi connectivity index (χ0v) is 8.47. The number of thiophene rings is 1. The molecule has 0 atom stereocenters. The topological polar surface area (TPSA) is 63.6 Å². The molecule has 5 heteroatoms. The second-order valence-corrected chi connectivity index (χ2v) is 3.82. The lowest BCUT2D eigenvalue weighted by Gasteiger charge is -1.95. The molecule has 0 unspecified atom stereocenters. The third-order valence-electron chi connectivity index (χ3n) is 1.68. The summed E-state index contributed by atoms with van der Waals surface area (Å²) in [5, 5.41) is 8.64. The van der Waals surface area contributed by atoms with E-state index in [2.05, 4.69) is 4.74 Å². The number of carboxylic acids is 1. The van der Waals surface area contributed by atoms with E-state index in [0.29, 0.717) is 11.3 Å². The van der Waals surface area contributed by atoms with E-state index in [4.69, 9.17) is 5.11 Å². The second kappa shape index (κ2) is 4.76. The number of methoxy groups -OCH3 is 1. The van der Waals surface area contributed by atoms with Crippen LogP contribution in [0.5, 0.6) is 0 Å². The van der Waals surface area contributed by atoms with Crippen LogP contribution in [0.2, 0.25) is 0 Å². The van der Waals surface area contributed by atoms with Crippen LogP contribution in [-0.2, 0) is 16.0 Å². The second-order valence-electron chi connectivity index (χ2n) is 2.65. The SMILES string of the molecule is COC(=O)CCc1ccc(C(=O)O)s1. The maximum absolute atomic E-state index is 10.8. The molecule has 0 spiro atoms. The molecule has 1 rings (SSSR count). The Morgan fingerprint density at radius 2 is 2.21 bits per heavy atom. The number of carboxylic acid groups (broad SMARTS) is 1. The van der Waals surface area contributed by atoms with Crippen molar-refractivity contribution in [1.82, 2.24) is 0 Å². The minimum atomic E-state index is -0.931. The summed E-state index contributed by atoms with van der Waals surface area (Å²) in [4.78, 5) is 22.5. The van der Waals surface area contributed by atoms with Gasteiger partial charge in [-0.25, -0.2) is 4.79 Å². The zero-order chi connectivity index (χ0) is 10.6. The number of rotatable bonds is 4. The maximum Gasteiger partial charge on any atom is 0.345 e. The van der Waals surface area contributed by atoms with E-state index in [1.165, 1.54) is 18.4 Å². The summed E-state index contributed by atoms with van der Waals surface area (Å²) in [6.07, 6.45) is 0.820. The Morgan fingerprint density at radius 1 is 1.50 bits per heavy atom. The number of carbonyl (C=O) groups excluding carboxylic acids is 1. The predicted molar refractivity (Wildman–Crippen MR) is 51.6 cm³/mol. The number of aromatic carboxylic acids is 1. The van der Waals surface area contributed by atoms with Gasteiger partial charge in [-0.3, -0.25) is 4.79 Å². The molecule has 1 N–H and O–H groups in total. The van der Waals surface area contributed by atoms with Crippen LogP contribution in [0, 0.1) is 0 Å². The molecule has 14 heavy (non-hydrogen) atoms. The number of hydrogen-bond acceptors (Lipinski definition) is 4. The van der Waals surface area contributed by atoms with Crippen LogP contribution < -0.4 is 0 Å². The van der Waals surface area contributed by atoms with Crippen LogP contribution in [0.1, 0.15) is 21.0 Å². The van der Waals surface area contributed by atoms with Gasteiger partial charge in [0, 0.05) is 4.88 Å². The summed E-state index contributed by atoms with van der Waals surface area (Å²) in [5.41, 5.74) is 0. The van der Waals surface area contributed by atoms with Crippen molar-refractivity contribution in [2.45, 2.75) is 12.8 Å². The first-order valence-electron chi connectivity index (χ1n) is 4.02. The average molecular weight is 214 g/mol. The van der Waals surface area contributed by atoms with Gasteiger partial charge in [0.25, 0.3) is 0 Å². The van der Waals surface area contributed by atoms with Crippen molar-refractivity contribution < 1.29 is 19.4 Å². The molecule has 0 radical (unpaired) electrons. The first-order valence-corrected chi connectivity index (χ1v) is 4.84. The van der Waals surface area contributed by atoms with Gasteiger partial charge in [0.1, 0.15) is 4.88 Å². The monoisotopic (exact) mass is 214 g/mol. The van der Waals surface area contributed by atoms with Gasteiger partial charge in [-0.2, -0.15) is 0 Å². The molecule has 4 nitrogen and oxygen atoms in total. The molecule has 76 valence electrons. The van der Waals surface area contributed by atoms with Crippen molar-refractivity contribution >= 4 is 23.3 Å². The smallest absolute Gasteiger partial charge is 0.345 e. The van der Waals surface area contributed by atoms with Crippen molar-refractivity contribution in [3.8, 4) is 0 Å². The maximum atomic E-state index is 10.8. The van der Waals surface area contributed by atoms with E-state index < -0.39 is 5.97 Å². The van der Waals surface area contributed by atoms with E-state index in [-0.39, 0.29) is 12.4 Å². The van der Waals surface area contributed by atoms with E-state index in [0.717, 1.165) is 4.88 Å². The molecule has 0 aliphatic carbocycles. The lowest BCUT2D eigenvalue weighted by atomic mass is 10.2. The molecular weight excluding hydrogens is 204 g/mol. The molecule has 1 aromatic rings. The Bertz CT molecular complexity index is 342. The molecule has 0 fully saturated rings. The number of aryl methyl sites for hydroxylation is 1. The van der Waals surface area contributed by atoms with Crippen LogP contribution in [0.4, 0.5) is 0 Å². The fraction of sp³-hybridized carbons (Fsp3) is 0.333. The zero-order valence-electron chi connectivity index (χ0n) is 7.65. The minimum Gasteiger partial charge on any atom is -0.477 e. The average Bonchev–Trinajstić information content (AvgIpc) is 2.62. The Kier molecular flexibility index (Phi) is 3.64. The molecule has 0 amide bonds. The van der Waals surface area contributed by atoms with Crippen LogP contribution >= 0.6 is 11.3 Å².